The fourth-order valence-corrected chi connectivity index (χ4v) is 5.17. The Bertz CT molecular complexity index is 562. The molecule has 1 heterocycles. The van der Waals surface area contributed by atoms with Gasteiger partial charge in [-0.05, 0) is 53.5 Å². The Morgan fingerprint density at radius 2 is 2.16 bits per heavy atom. The topological polar surface area (TPSA) is 46.2 Å². The molecule has 2 rings (SSSR count). The van der Waals surface area contributed by atoms with Crippen molar-refractivity contribution in [3.8, 4) is 0 Å². The summed E-state index contributed by atoms with van der Waals surface area (Å²) in [5.74, 6) is -0.0943. The second-order valence-electron chi connectivity index (χ2n) is 4.84. The minimum absolute atomic E-state index is 0.248. The zero-order valence-corrected chi connectivity index (χ0v) is 13.1. The van der Waals surface area contributed by atoms with Gasteiger partial charge in [0.25, 0.3) is 0 Å². The first-order valence-corrected chi connectivity index (χ1v) is 8.80. The van der Waals surface area contributed by atoms with Crippen LogP contribution in [0.15, 0.2) is 22.7 Å². The quantitative estimate of drug-likeness (QED) is 0.912. The van der Waals surface area contributed by atoms with Gasteiger partial charge >= 0.3 is 0 Å². The molecule has 0 radical (unpaired) electrons. The molecule has 1 fully saturated rings. The Kier molecular flexibility index (Phi) is 4.63. The summed E-state index contributed by atoms with van der Waals surface area (Å²) in [4.78, 5) is 0. The maximum Gasteiger partial charge on any atom is 0.155 e. The number of sulfone groups is 1. The van der Waals surface area contributed by atoms with Gasteiger partial charge in [-0.2, -0.15) is 0 Å². The van der Waals surface area contributed by atoms with Crippen LogP contribution in [0.1, 0.15) is 30.9 Å². The van der Waals surface area contributed by atoms with E-state index < -0.39 is 15.1 Å². The van der Waals surface area contributed by atoms with Crippen molar-refractivity contribution in [2.45, 2.75) is 30.6 Å². The lowest BCUT2D eigenvalue weighted by molar-refractivity contribution is 0.468. The molecule has 0 spiro atoms. The number of nitrogens with one attached hydrogen (secondary N) is 1. The van der Waals surface area contributed by atoms with Gasteiger partial charge in [0.1, 0.15) is 5.82 Å². The van der Waals surface area contributed by atoms with Gasteiger partial charge in [-0.15, -0.1) is 0 Å². The van der Waals surface area contributed by atoms with E-state index in [1.807, 2.05) is 0 Å². The third-order valence-corrected chi connectivity index (χ3v) is 6.51. The molecular weight excluding hydrogens is 333 g/mol. The van der Waals surface area contributed by atoms with Crippen LogP contribution in [0.4, 0.5) is 4.39 Å². The van der Waals surface area contributed by atoms with Crippen LogP contribution in [0.3, 0.4) is 0 Å². The average Bonchev–Trinajstić information content (AvgIpc) is 2.36. The van der Waals surface area contributed by atoms with Gasteiger partial charge in [-0.1, -0.05) is 12.5 Å². The Labute approximate surface area is 121 Å². The molecule has 1 aromatic rings. The first kappa shape index (κ1) is 14.9. The summed E-state index contributed by atoms with van der Waals surface area (Å²) in [5, 5.41) is 2.64. The summed E-state index contributed by atoms with van der Waals surface area (Å²) in [6.07, 6.45) is 2.32. The molecule has 0 saturated carbocycles. The van der Waals surface area contributed by atoms with Crippen molar-refractivity contribution >= 4 is 25.8 Å². The largest absolute Gasteiger partial charge is 0.312 e. The molecule has 106 valence electrons. The lowest BCUT2D eigenvalue weighted by Gasteiger charge is -2.30. The highest BCUT2D eigenvalue weighted by Gasteiger charge is 2.35. The zero-order valence-electron chi connectivity index (χ0n) is 10.7. The summed E-state index contributed by atoms with van der Waals surface area (Å²) in [6.45, 7) is 0. The van der Waals surface area contributed by atoms with Crippen LogP contribution < -0.4 is 5.32 Å². The highest BCUT2D eigenvalue weighted by atomic mass is 79.9. The second-order valence-corrected chi connectivity index (χ2v) is 8.03. The van der Waals surface area contributed by atoms with Crippen LogP contribution in [-0.2, 0) is 9.84 Å². The number of benzene rings is 1. The molecule has 1 N–H and O–H groups in total. The fraction of sp³-hybridized carbons (Fsp3) is 0.538. The van der Waals surface area contributed by atoms with Crippen LogP contribution in [0.2, 0.25) is 0 Å². The van der Waals surface area contributed by atoms with Crippen LogP contribution in [-0.4, -0.2) is 26.5 Å². The highest BCUT2D eigenvalue weighted by Crippen LogP contribution is 2.32. The Morgan fingerprint density at radius 1 is 1.42 bits per heavy atom. The zero-order chi connectivity index (χ0) is 14.0. The first-order chi connectivity index (χ1) is 8.95. The molecule has 19 heavy (non-hydrogen) atoms. The summed E-state index contributed by atoms with van der Waals surface area (Å²) in [5.41, 5.74) is 0.797. The lowest BCUT2D eigenvalue weighted by Crippen LogP contribution is -2.39. The van der Waals surface area contributed by atoms with E-state index in [0.29, 0.717) is 10.9 Å². The Hall–Kier alpha value is -0.460. The van der Waals surface area contributed by atoms with Crippen molar-refractivity contribution in [1.82, 2.24) is 5.32 Å². The van der Waals surface area contributed by atoms with E-state index >= 15 is 0 Å². The van der Waals surface area contributed by atoms with Crippen molar-refractivity contribution in [2.75, 3.05) is 12.8 Å². The van der Waals surface area contributed by atoms with E-state index in [-0.39, 0.29) is 17.6 Å². The van der Waals surface area contributed by atoms with Crippen LogP contribution >= 0.6 is 15.9 Å². The van der Waals surface area contributed by atoms with Crippen molar-refractivity contribution in [2.24, 2.45) is 0 Å². The van der Waals surface area contributed by atoms with Gasteiger partial charge in [-0.25, -0.2) is 12.8 Å². The Balaban J connectivity index is 2.36. The maximum atomic E-state index is 13.3. The van der Waals surface area contributed by atoms with Gasteiger partial charge in [-0.3, -0.25) is 0 Å². The van der Waals surface area contributed by atoms with Crippen LogP contribution in [0.25, 0.3) is 0 Å². The molecule has 1 aromatic carbocycles. The SMILES string of the molecule is CNC(c1ccc(F)c(Br)c1)C1CCCCS1(=O)=O. The van der Waals surface area contributed by atoms with E-state index in [2.05, 4.69) is 21.2 Å². The second kappa shape index (κ2) is 5.89. The lowest BCUT2D eigenvalue weighted by atomic mass is 9.99. The third-order valence-electron chi connectivity index (χ3n) is 3.61. The molecular formula is C13H17BrFNO2S. The molecule has 0 amide bonds. The molecule has 3 nitrogen and oxygen atoms in total. The summed E-state index contributed by atoms with van der Waals surface area (Å²) < 4.78 is 38.0. The predicted molar refractivity (Wildman–Crippen MR) is 77.3 cm³/mol. The van der Waals surface area contributed by atoms with Gasteiger partial charge in [0.05, 0.1) is 15.5 Å². The van der Waals surface area contributed by atoms with Crippen LogP contribution in [0, 0.1) is 5.82 Å². The molecule has 0 bridgehead atoms. The minimum atomic E-state index is -3.08. The summed E-state index contributed by atoms with van der Waals surface area (Å²) in [6, 6.07) is 4.37. The molecule has 0 aromatic heterocycles. The summed E-state index contributed by atoms with van der Waals surface area (Å²) in [7, 11) is -1.34. The van der Waals surface area contributed by atoms with E-state index in [0.717, 1.165) is 18.4 Å². The van der Waals surface area contributed by atoms with Gasteiger partial charge in [0, 0.05) is 6.04 Å². The molecule has 2 atom stereocenters. The number of halogens is 2. The molecule has 6 heteroatoms. The maximum absolute atomic E-state index is 13.3. The van der Waals surface area contributed by atoms with E-state index in [1.54, 1.807) is 19.2 Å². The van der Waals surface area contributed by atoms with E-state index in [9.17, 15) is 12.8 Å². The van der Waals surface area contributed by atoms with Gasteiger partial charge in [0.15, 0.2) is 9.84 Å². The summed E-state index contributed by atoms with van der Waals surface area (Å²) >= 11 is 3.14. The van der Waals surface area contributed by atoms with Crippen molar-refractivity contribution < 1.29 is 12.8 Å². The first-order valence-electron chi connectivity index (χ1n) is 6.29. The van der Waals surface area contributed by atoms with E-state index in [4.69, 9.17) is 0 Å². The standard InChI is InChI=1S/C13H17BrFNO2S/c1-16-13(9-5-6-11(15)10(14)8-9)12-4-2-3-7-19(12,17)18/h5-6,8,12-13,16H,2-4,7H2,1H3. The smallest absolute Gasteiger partial charge is 0.155 e. The van der Waals surface area contributed by atoms with Gasteiger partial charge in [0.2, 0.25) is 0 Å². The molecule has 0 aliphatic carbocycles. The monoisotopic (exact) mass is 349 g/mol. The fourth-order valence-electron chi connectivity index (χ4n) is 2.63. The van der Waals surface area contributed by atoms with E-state index in [1.165, 1.54) is 6.07 Å². The average molecular weight is 350 g/mol. The van der Waals surface area contributed by atoms with Crippen molar-refractivity contribution in [3.63, 3.8) is 0 Å². The van der Waals surface area contributed by atoms with Crippen molar-refractivity contribution in [3.05, 3.63) is 34.1 Å². The molecule has 1 aliphatic heterocycles. The minimum Gasteiger partial charge on any atom is -0.312 e. The highest BCUT2D eigenvalue weighted by molar-refractivity contribution is 9.10. The number of hydrogen-bond donors (Lipinski definition) is 1. The Morgan fingerprint density at radius 3 is 2.74 bits per heavy atom. The van der Waals surface area contributed by atoms with Crippen molar-refractivity contribution in [1.29, 1.82) is 0 Å². The van der Waals surface area contributed by atoms with Crippen LogP contribution in [0.5, 0.6) is 0 Å². The number of rotatable bonds is 3. The van der Waals surface area contributed by atoms with Gasteiger partial charge < -0.3 is 5.32 Å². The molecule has 1 aliphatic rings. The molecule has 1 saturated heterocycles. The normalized spacial score (nSPS) is 24.1. The molecule has 2 unspecified atom stereocenters. The number of hydrogen-bond acceptors (Lipinski definition) is 3. The third kappa shape index (κ3) is 3.17. The predicted octanol–water partition coefficient (Wildman–Crippen LogP) is 2.82.